The minimum absolute atomic E-state index is 1.00. The molecule has 5 heteroatoms. The average Bonchev–Trinajstić information content (AvgIpc) is 2.32. The lowest BCUT2D eigenvalue weighted by atomic mass is 10.3. The standard InChI is InChI=1S/C11H27N5/c1-3-14(5-4-13-2)6-7-15-8-10-16(12)11-9-15/h13H,3-12H2,1-2H3. The maximum atomic E-state index is 5.73. The molecule has 0 unspecified atom stereocenters. The van der Waals surface area contributed by atoms with Gasteiger partial charge in [0.05, 0.1) is 0 Å². The van der Waals surface area contributed by atoms with E-state index in [1.165, 1.54) is 13.1 Å². The van der Waals surface area contributed by atoms with Gasteiger partial charge in [0.1, 0.15) is 0 Å². The SMILES string of the molecule is CCN(CCNC)CCN1CCN(N)CC1. The summed E-state index contributed by atoms with van der Waals surface area (Å²) in [6, 6.07) is 0. The monoisotopic (exact) mass is 229 g/mol. The fraction of sp³-hybridized carbons (Fsp3) is 1.00. The van der Waals surface area contributed by atoms with Crippen molar-refractivity contribution in [3.05, 3.63) is 0 Å². The van der Waals surface area contributed by atoms with Gasteiger partial charge >= 0.3 is 0 Å². The van der Waals surface area contributed by atoms with Gasteiger partial charge in [0.15, 0.2) is 0 Å². The molecule has 0 atom stereocenters. The Labute approximate surface area is 99.5 Å². The second kappa shape index (κ2) is 7.97. The number of nitrogens with two attached hydrogens (primary N) is 1. The average molecular weight is 229 g/mol. The lowest BCUT2D eigenvalue weighted by Crippen LogP contribution is -2.51. The number of nitrogens with zero attached hydrogens (tertiary/aromatic N) is 3. The van der Waals surface area contributed by atoms with Gasteiger partial charge < -0.3 is 10.2 Å². The van der Waals surface area contributed by atoms with Gasteiger partial charge in [0, 0.05) is 52.4 Å². The zero-order valence-corrected chi connectivity index (χ0v) is 10.8. The Bertz CT molecular complexity index is 163. The molecule has 1 rings (SSSR count). The van der Waals surface area contributed by atoms with E-state index in [1.807, 2.05) is 12.1 Å². The maximum Gasteiger partial charge on any atom is 0.0257 e. The highest BCUT2D eigenvalue weighted by molar-refractivity contribution is 4.70. The highest BCUT2D eigenvalue weighted by Gasteiger charge is 2.14. The van der Waals surface area contributed by atoms with Crippen molar-refractivity contribution in [3.63, 3.8) is 0 Å². The smallest absolute Gasteiger partial charge is 0.0257 e. The van der Waals surface area contributed by atoms with Gasteiger partial charge in [-0.15, -0.1) is 0 Å². The molecule has 0 bridgehead atoms. The van der Waals surface area contributed by atoms with E-state index in [2.05, 4.69) is 22.0 Å². The van der Waals surface area contributed by atoms with Crippen molar-refractivity contribution in [2.75, 3.05) is 66.0 Å². The molecule has 0 aromatic heterocycles. The summed E-state index contributed by atoms with van der Waals surface area (Å²) in [5.74, 6) is 5.73. The Balaban J connectivity index is 2.11. The van der Waals surface area contributed by atoms with Gasteiger partial charge in [-0.3, -0.25) is 10.7 Å². The summed E-state index contributed by atoms with van der Waals surface area (Å²) in [4.78, 5) is 5.00. The van der Waals surface area contributed by atoms with Crippen LogP contribution < -0.4 is 11.2 Å². The molecular weight excluding hydrogens is 202 g/mol. The summed E-state index contributed by atoms with van der Waals surface area (Å²) < 4.78 is 0. The molecule has 1 aliphatic rings. The van der Waals surface area contributed by atoms with Gasteiger partial charge in [0.25, 0.3) is 0 Å². The molecule has 0 saturated carbocycles. The first-order valence-corrected chi connectivity index (χ1v) is 6.35. The summed E-state index contributed by atoms with van der Waals surface area (Å²) in [7, 11) is 2.01. The molecule has 0 aliphatic carbocycles. The van der Waals surface area contributed by atoms with Crippen LogP contribution in [0.1, 0.15) is 6.92 Å². The normalized spacial score (nSPS) is 19.5. The Morgan fingerprint density at radius 1 is 1.19 bits per heavy atom. The second-order valence-corrected chi connectivity index (χ2v) is 4.42. The fourth-order valence-electron chi connectivity index (χ4n) is 1.97. The summed E-state index contributed by atoms with van der Waals surface area (Å²) in [6.45, 7) is 12.2. The fourth-order valence-corrected chi connectivity index (χ4v) is 1.97. The second-order valence-electron chi connectivity index (χ2n) is 4.42. The van der Waals surface area contributed by atoms with Crippen molar-refractivity contribution in [2.24, 2.45) is 5.84 Å². The summed E-state index contributed by atoms with van der Waals surface area (Å²) >= 11 is 0. The third-order valence-corrected chi connectivity index (χ3v) is 3.26. The molecule has 5 nitrogen and oxygen atoms in total. The number of rotatable bonds is 7. The van der Waals surface area contributed by atoms with Crippen LogP contribution >= 0.6 is 0 Å². The van der Waals surface area contributed by atoms with Crippen LogP contribution in [0, 0.1) is 0 Å². The van der Waals surface area contributed by atoms with Gasteiger partial charge in [0.2, 0.25) is 0 Å². The van der Waals surface area contributed by atoms with Crippen molar-refractivity contribution in [3.8, 4) is 0 Å². The van der Waals surface area contributed by atoms with E-state index in [0.29, 0.717) is 0 Å². The van der Waals surface area contributed by atoms with E-state index >= 15 is 0 Å². The third-order valence-electron chi connectivity index (χ3n) is 3.26. The lowest BCUT2D eigenvalue weighted by molar-refractivity contribution is 0.120. The Morgan fingerprint density at radius 2 is 1.88 bits per heavy atom. The summed E-state index contributed by atoms with van der Waals surface area (Å²) in [5.41, 5.74) is 0. The number of hydrogen-bond acceptors (Lipinski definition) is 5. The molecule has 16 heavy (non-hydrogen) atoms. The molecule has 0 amide bonds. The number of piperazine rings is 1. The number of likely N-dealkylation sites (N-methyl/N-ethyl adjacent to an activating group) is 2. The maximum absolute atomic E-state index is 5.73. The molecule has 96 valence electrons. The third kappa shape index (κ3) is 5.23. The zero-order valence-electron chi connectivity index (χ0n) is 10.8. The first-order valence-electron chi connectivity index (χ1n) is 6.35. The molecule has 1 saturated heterocycles. The molecule has 1 heterocycles. The van der Waals surface area contributed by atoms with E-state index in [4.69, 9.17) is 5.84 Å². The van der Waals surface area contributed by atoms with Crippen LogP contribution in [0.25, 0.3) is 0 Å². The minimum atomic E-state index is 1.00. The number of nitrogens with one attached hydrogen (secondary N) is 1. The lowest BCUT2D eigenvalue weighted by Gasteiger charge is -2.33. The van der Waals surface area contributed by atoms with E-state index < -0.39 is 0 Å². The van der Waals surface area contributed by atoms with Crippen LogP contribution in [0.15, 0.2) is 0 Å². The molecule has 0 aromatic carbocycles. The van der Waals surface area contributed by atoms with Gasteiger partial charge in [-0.25, -0.2) is 5.01 Å². The van der Waals surface area contributed by atoms with Crippen LogP contribution in [0.3, 0.4) is 0 Å². The van der Waals surface area contributed by atoms with E-state index in [9.17, 15) is 0 Å². The van der Waals surface area contributed by atoms with E-state index in [-0.39, 0.29) is 0 Å². The molecule has 0 spiro atoms. The van der Waals surface area contributed by atoms with Crippen LogP contribution in [-0.4, -0.2) is 80.8 Å². The molecular formula is C11H27N5. The summed E-state index contributed by atoms with van der Waals surface area (Å²) in [6.07, 6.45) is 0. The summed E-state index contributed by atoms with van der Waals surface area (Å²) in [5, 5.41) is 5.11. The topological polar surface area (TPSA) is 47.8 Å². The minimum Gasteiger partial charge on any atom is -0.318 e. The number of hydrazine groups is 1. The van der Waals surface area contributed by atoms with Gasteiger partial charge in [-0.05, 0) is 13.6 Å². The van der Waals surface area contributed by atoms with Gasteiger partial charge in [-0.2, -0.15) is 0 Å². The molecule has 3 N–H and O–H groups in total. The van der Waals surface area contributed by atoms with E-state index in [1.54, 1.807) is 0 Å². The Morgan fingerprint density at radius 3 is 2.44 bits per heavy atom. The molecule has 0 radical (unpaired) electrons. The van der Waals surface area contributed by atoms with Gasteiger partial charge in [-0.1, -0.05) is 6.92 Å². The molecule has 0 aromatic rings. The zero-order chi connectivity index (χ0) is 11.8. The number of hydrogen-bond donors (Lipinski definition) is 2. The predicted molar refractivity (Wildman–Crippen MR) is 68.2 cm³/mol. The predicted octanol–water partition coefficient (Wildman–Crippen LogP) is -0.981. The molecule has 1 fully saturated rings. The van der Waals surface area contributed by atoms with Crippen molar-refractivity contribution in [1.29, 1.82) is 0 Å². The first kappa shape index (κ1) is 13.9. The highest BCUT2D eigenvalue weighted by Crippen LogP contribution is 1.98. The van der Waals surface area contributed by atoms with Crippen LogP contribution in [-0.2, 0) is 0 Å². The van der Waals surface area contributed by atoms with Crippen molar-refractivity contribution < 1.29 is 0 Å². The Kier molecular flexibility index (Phi) is 6.91. The van der Waals surface area contributed by atoms with Crippen LogP contribution in [0.4, 0.5) is 0 Å². The Hall–Kier alpha value is -0.200. The largest absolute Gasteiger partial charge is 0.318 e. The van der Waals surface area contributed by atoms with Crippen LogP contribution in [0.2, 0.25) is 0 Å². The van der Waals surface area contributed by atoms with Crippen molar-refractivity contribution in [1.82, 2.24) is 20.1 Å². The highest BCUT2D eigenvalue weighted by atomic mass is 15.4. The van der Waals surface area contributed by atoms with E-state index in [0.717, 1.165) is 45.8 Å². The van der Waals surface area contributed by atoms with Crippen LogP contribution in [0.5, 0.6) is 0 Å². The quantitative estimate of drug-likeness (QED) is 0.550. The molecule has 1 aliphatic heterocycles. The van der Waals surface area contributed by atoms with Crippen molar-refractivity contribution in [2.45, 2.75) is 6.92 Å². The van der Waals surface area contributed by atoms with Crippen molar-refractivity contribution >= 4 is 0 Å². The first-order chi connectivity index (χ1) is 7.76.